The fraction of sp³-hybridized carbons (Fsp3) is 0.214. The zero-order valence-corrected chi connectivity index (χ0v) is 9.33. The zero-order chi connectivity index (χ0) is 10.8. The van der Waals surface area contributed by atoms with E-state index in [1.54, 1.807) is 0 Å². The van der Waals surface area contributed by atoms with Gasteiger partial charge in [0.05, 0.1) is 6.42 Å². The monoisotopic (exact) mass is 198 g/mol. The molecular formula is C14H16N+. The Morgan fingerprint density at radius 2 is 2.07 bits per heavy atom. The fourth-order valence-corrected chi connectivity index (χ4v) is 1.98. The normalized spacial score (nSPS) is 10.5. The third-order valence-corrected chi connectivity index (χ3v) is 2.91. The molecule has 0 fully saturated rings. The Bertz CT molecular complexity index is 512. The highest BCUT2D eigenvalue weighted by Crippen LogP contribution is 2.17. The van der Waals surface area contributed by atoms with Gasteiger partial charge in [0.25, 0.3) is 0 Å². The van der Waals surface area contributed by atoms with Gasteiger partial charge in [-0.1, -0.05) is 24.3 Å². The minimum atomic E-state index is 0.915. The van der Waals surface area contributed by atoms with Crippen LogP contribution in [0.5, 0.6) is 0 Å². The first-order valence-electron chi connectivity index (χ1n) is 5.22. The van der Waals surface area contributed by atoms with E-state index in [4.69, 9.17) is 0 Å². The van der Waals surface area contributed by atoms with Crippen LogP contribution < -0.4 is 4.57 Å². The molecule has 0 radical (unpaired) electrons. The summed E-state index contributed by atoms with van der Waals surface area (Å²) in [4.78, 5) is 0. The van der Waals surface area contributed by atoms with Gasteiger partial charge in [-0.2, -0.15) is 0 Å². The van der Waals surface area contributed by atoms with E-state index < -0.39 is 0 Å². The van der Waals surface area contributed by atoms with Gasteiger partial charge in [0.15, 0.2) is 11.4 Å². The van der Waals surface area contributed by atoms with Gasteiger partial charge in [-0.25, -0.2) is 4.57 Å². The number of aromatic nitrogens is 1. The largest absolute Gasteiger partial charge is 0.202 e. The summed E-state index contributed by atoms with van der Waals surface area (Å²) < 4.78 is 2.24. The van der Waals surface area contributed by atoms with E-state index in [0.29, 0.717) is 0 Å². The Hall–Kier alpha value is -1.63. The lowest BCUT2D eigenvalue weighted by Crippen LogP contribution is -2.37. The minimum absolute atomic E-state index is 0.915. The van der Waals surface area contributed by atoms with E-state index in [2.05, 4.69) is 55.4 Å². The molecule has 1 heterocycles. The van der Waals surface area contributed by atoms with Gasteiger partial charge < -0.3 is 0 Å². The maximum atomic E-state index is 3.82. The van der Waals surface area contributed by atoms with E-state index in [1.165, 1.54) is 22.2 Å². The van der Waals surface area contributed by atoms with Gasteiger partial charge in [-0.15, -0.1) is 6.58 Å². The van der Waals surface area contributed by atoms with Crippen molar-refractivity contribution in [1.82, 2.24) is 0 Å². The second kappa shape index (κ2) is 3.85. The van der Waals surface area contributed by atoms with Crippen molar-refractivity contribution in [3.63, 3.8) is 0 Å². The molecule has 0 aliphatic heterocycles. The first-order valence-corrected chi connectivity index (χ1v) is 5.22. The molecule has 1 aromatic carbocycles. The molecule has 76 valence electrons. The van der Waals surface area contributed by atoms with Gasteiger partial charge in [0, 0.05) is 18.4 Å². The summed E-state index contributed by atoms with van der Waals surface area (Å²) in [6, 6.07) is 10.7. The predicted molar refractivity (Wildman–Crippen MR) is 63.8 cm³/mol. The van der Waals surface area contributed by atoms with Crippen molar-refractivity contribution in [2.75, 3.05) is 0 Å². The SMILES string of the molecule is C=CCc1c2ccccc2cc(C)[n+]1C. The number of hydrogen-bond acceptors (Lipinski definition) is 0. The molecule has 0 spiro atoms. The maximum Gasteiger partial charge on any atom is 0.192 e. The van der Waals surface area contributed by atoms with E-state index in [9.17, 15) is 0 Å². The lowest BCUT2D eigenvalue weighted by Gasteiger charge is -2.05. The number of fused-ring (bicyclic) bond motifs is 1. The molecular weight excluding hydrogens is 182 g/mol. The molecule has 1 heteroatoms. The van der Waals surface area contributed by atoms with Crippen molar-refractivity contribution in [1.29, 1.82) is 0 Å². The van der Waals surface area contributed by atoms with E-state index in [1.807, 2.05) is 6.08 Å². The van der Waals surface area contributed by atoms with Crippen LogP contribution in [0.15, 0.2) is 43.0 Å². The third kappa shape index (κ3) is 1.65. The highest BCUT2D eigenvalue weighted by Gasteiger charge is 2.13. The molecule has 0 atom stereocenters. The van der Waals surface area contributed by atoms with Crippen LogP contribution in [0.1, 0.15) is 11.4 Å². The van der Waals surface area contributed by atoms with Crippen molar-refractivity contribution in [2.24, 2.45) is 7.05 Å². The van der Waals surface area contributed by atoms with Crippen LogP contribution in [0.3, 0.4) is 0 Å². The first-order chi connectivity index (χ1) is 7.24. The van der Waals surface area contributed by atoms with Gasteiger partial charge in [0.2, 0.25) is 0 Å². The molecule has 0 amide bonds. The molecule has 0 saturated heterocycles. The number of benzene rings is 1. The molecule has 1 aromatic heterocycles. The molecule has 1 nitrogen and oxygen atoms in total. The number of hydrogen-bond donors (Lipinski definition) is 0. The van der Waals surface area contributed by atoms with E-state index in [-0.39, 0.29) is 0 Å². The number of aryl methyl sites for hydroxylation is 1. The Morgan fingerprint density at radius 3 is 2.80 bits per heavy atom. The molecule has 0 aliphatic carbocycles. The molecule has 15 heavy (non-hydrogen) atoms. The van der Waals surface area contributed by atoms with Crippen molar-refractivity contribution in [2.45, 2.75) is 13.3 Å². The Kier molecular flexibility index (Phi) is 2.55. The summed E-state index contributed by atoms with van der Waals surface area (Å²) >= 11 is 0. The average Bonchev–Trinajstić information content (AvgIpc) is 2.25. The standard InChI is InChI=1S/C14H16N/c1-4-7-14-13-9-6-5-8-12(13)10-11(2)15(14)3/h4-6,8-10H,1,7H2,2-3H3/q+1. The first kappa shape index (κ1) is 9.91. The zero-order valence-electron chi connectivity index (χ0n) is 9.33. The summed E-state index contributed by atoms with van der Waals surface area (Å²) in [6.45, 7) is 5.96. The van der Waals surface area contributed by atoms with Crippen LogP contribution in [-0.4, -0.2) is 0 Å². The number of allylic oxidation sites excluding steroid dienone is 1. The van der Waals surface area contributed by atoms with Gasteiger partial charge in [0.1, 0.15) is 7.05 Å². The number of rotatable bonds is 2. The fourth-order valence-electron chi connectivity index (χ4n) is 1.98. The minimum Gasteiger partial charge on any atom is -0.202 e. The van der Waals surface area contributed by atoms with Crippen molar-refractivity contribution >= 4 is 10.8 Å². The summed E-state index contributed by atoms with van der Waals surface area (Å²) in [6.07, 6.45) is 2.87. The smallest absolute Gasteiger partial charge is 0.192 e. The summed E-state index contributed by atoms with van der Waals surface area (Å²) in [7, 11) is 2.11. The lowest BCUT2D eigenvalue weighted by molar-refractivity contribution is -0.683. The quantitative estimate of drug-likeness (QED) is 0.516. The van der Waals surface area contributed by atoms with E-state index in [0.717, 1.165) is 6.42 Å². The Balaban J connectivity index is 2.82. The van der Waals surface area contributed by atoms with Crippen molar-refractivity contribution in [3.05, 3.63) is 54.4 Å². The maximum absolute atomic E-state index is 3.82. The van der Waals surface area contributed by atoms with Crippen LogP contribution in [0.25, 0.3) is 10.8 Å². The van der Waals surface area contributed by atoms with Crippen molar-refractivity contribution < 1.29 is 4.57 Å². The van der Waals surface area contributed by atoms with Gasteiger partial charge in [-0.05, 0) is 11.5 Å². The van der Waals surface area contributed by atoms with Gasteiger partial charge in [-0.3, -0.25) is 0 Å². The molecule has 0 saturated carbocycles. The Morgan fingerprint density at radius 1 is 1.33 bits per heavy atom. The van der Waals surface area contributed by atoms with Gasteiger partial charge >= 0.3 is 0 Å². The molecule has 0 unspecified atom stereocenters. The second-order valence-corrected chi connectivity index (χ2v) is 3.87. The highest BCUT2D eigenvalue weighted by molar-refractivity contribution is 5.83. The summed E-state index contributed by atoms with van der Waals surface area (Å²) in [5.41, 5.74) is 2.62. The van der Waals surface area contributed by atoms with Crippen LogP contribution >= 0.6 is 0 Å². The topological polar surface area (TPSA) is 3.88 Å². The predicted octanol–water partition coefficient (Wildman–Crippen LogP) is 2.70. The second-order valence-electron chi connectivity index (χ2n) is 3.87. The number of nitrogens with zero attached hydrogens (tertiary/aromatic N) is 1. The highest BCUT2D eigenvalue weighted by atomic mass is 14.9. The average molecular weight is 198 g/mol. The molecule has 0 bridgehead atoms. The van der Waals surface area contributed by atoms with Crippen LogP contribution in [-0.2, 0) is 13.5 Å². The van der Waals surface area contributed by atoms with Crippen LogP contribution in [0.2, 0.25) is 0 Å². The molecule has 2 aromatic rings. The molecule has 0 aliphatic rings. The summed E-state index contributed by atoms with van der Waals surface area (Å²) in [5.74, 6) is 0. The summed E-state index contributed by atoms with van der Waals surface area (Å²) in [5, 5.41) is 2.63. The lowest BCUT2D eigenvalue weighted by atomic mass is 10.1. The molecule has 2 rings (SSSR count). The van der Waals surface area contributed by atoms with Crippen LogP contribution in [0.4, 0.5) is 0 Å². The van der Waals surface area contributed by atoms with Crippen molar-refractivity contribution in [3.8, 4) is 0 Å². The molecule has 0 N–H and O–H groups in total. The third-order valence-electron chi connectivity index (χ3n) is 2.91. The van der Waals surface area contributed by atoms with Crippen LogP contribution in [0, 0.1) is 6.92 Å². The Labute approximate surface area is 90.7 Å². The number of pyridine rings is 1. The van der Waals surface area contributed by atoms with E-state index >= 15 is 0 Å².